The number of amides is 1. The molecule has 5 N–H and O–H groups in total. The average molecular weight is 264 g/mol. The molecule has 1 aromatic carbocycles. The SMILES string of the molecule is NC1CCCC(CNC(=O)c2c(O)cccc2O)C1. The van der Waals surface area contributed by atoms with Gasteiger partial charge in [0.25, 0.3) is 5.91 Å². The van der Waals surface area contributed by atoms with Crippen LogP contribution in [0.25, 0.3) is 0 Å². The molecule has 1 saturated carbocycles. The fourth-order valence-electron chi connectivity index (χ4n) is 2.60. The van der Waals surface area contributed by atoms with Gasteiger partial charge >= 0.3 is 0 Å². The van der Waals surface area contributed by atoms with Crippen LogP contribution in [0.2, 0.25) is 0 Å². The first-order valence-electron chi connectivity index (χ1n) is 6.62. The van der Waals surface area contributed by atoms with Crippen molar-refractivity contribution in [2.45, 2.75) is 31.7 Å². The van der Waals surface area contributed by atoms with E-state index in [9.17, 15) is 15.0 Å². The van der Waals surface area contributed by atoms with Gasteiger partial charge in [0.05, 0.1) is 0 Å². The van der Waals surface area contributed by atoms with Crippen molar-refractivity contribution in [1.29, 1.82) is 0 Å². The number of phenolic OH excluding ortho intramolecular Hbond substituents is 2. The summed E-state index contributed by atoms with van der Waals surface area (Å²) < 4.78 is 0. The Balaban J connectivity index is 1.94. The lowest BCUT2D eigenvalue weighted by atomic mass is 9.86. The summed E-state index contributed by atoms with van der Waals surface area (Å²) in [7, 11) is 0. The summed E-state index contributed by atoms with van der Waals surface area (Å²) in [6, 6.07) is 4.46. The Morgan fingerprint density at radius 1 is 1.32 bits per heavy atom. The second-order valence-corrected chi connectivity index (χ2v) is 5.17. The molecule has 0 aliphatic heterocycles. The van der Waals surface area contributed by atoms with Gasteiger partial charge in [-0.1, -0.05) is 12.5 Å². The molecule has 2 atom stereocenters. The molecule has 0 radical (unpaired) electrons. The summed E-state index contributed by atoms with van der Waals surface area (Å²) >= 11 is 0. The van der Waals surface area contributed by atoms with Gasteiger partial charge in [-0.25, -0.2) is 0 Å². The summed E-state index contributed by atoms with van der Waals surface area (Å²) in [6.45, 7) is 0.528. The first-order valence-corrected chi connectivity index (χ1v) is 6.62. The molecule has 1 fully saturated rings. The van der Waals surface area contributed by atoms with E-state index in [4.69, 9.17) is 5.73 Å². The Labute approximate surface area is 112 Å². The normalized spacial score (nSPS) is 23.0. The third kappa shape index (κ3) is 3.38. The van der Waals surface area contributed by atoms with Crippen LogP contribution in [0.4, 0.5) is 0 Å². The Morgan fingerprint density at radius 3 is 2.63 bits per heavy atom. The van der Waals surface area contributed by atoms with Crippen molar-refractivity contribution < 1.29 is 15.0 Å². The third-order valence-corrected chi connectivity index (χ3v) is 3.62. The van der Waals surface area contributed by atoms with Crippen LogP contribution in [0.15, 0.2) is 18.2 Å². The molecule has 5 heteroatoms. The highest BCUT2D eigenvalue weighted by Crippen LogP contribution is 2.26. The van der Waals surface area contributed by atoms with Crippen molar-refractivity contribution in [2.24, 2.45) is 11.7 Å². The number of phenols is 2. The highest BCUT2D eigenvalue weighted by molar-refractivity contribution is 5.99. The monoisotopic (exact) mass is 264 g/mol. The van der Waals surface area contributed by atoms with Crippen molar-refractivity contribution >= 4 is 5.91 Å². The van der Waals surface area contributed by atoms with E-state index in [1.54, 1.807) is 0 Å². The molecule has 19 heavy (non-hydrogen) atoms. The molecule has 0 spiro atoms. The van der Waals surface area contributed by atoms with Crippen LogP contribution in [-0.2, 0) is 0 Å². The molecular formula is C14H20N2O3. The minimum Gasteiger partial charge on any atom is -0.507 e. The van der Waals surface area contributed by atoms with Gasteiger partial charge in [0.2, 0.25) is 0 Å². The van der Waals surface area contributed by atoms with Gasteiger partial charge in [-0.05, 0) is 37.3 Å². The van der Waals surface area contributed by atoms with E-state index in [1.165, 1.54) is 18.2 Å². The molecule has 2 unspecified atom stereocenters. The number of carbonyl (C=O) groups is 1. The van der Waals surface area contributed by atoms with E-state index in [0.29, 0.717) is 12.5 Å². The lowest BCUT2D eigenvalue weighted by Gasteiger charge is -2.26. The van der Waals surface area contributed by atoms with Gasteiger partial charge in [0, 0.05) is 12.6 Å². The lowest BCUT2D eigenvalue weighted by Crippen LogP contribution is -2.35. The maximum Gasteiger partial charge on any atom is 0.258 e. The van der Waals surface area contributed by atoms with E-state index in [0.717, 1.165) is 25.7 Å². The van der Waals surface area contributed by atoms with Gasteiger partial charge in [0.1, 0.15) is 17.1 Å². The quantitative estimate of drug-likeness (QED) is 0.662. The Morgan fingerprint density at radius 2 is 2.00 bits per heavy atom. The zero-order chi connectivity index (χ0) is 13.8. The molecule has 1 aliphatic carbocycles. The minimum atomic E-state index is -0.449. The summed E-state index contributed by atoms with van der Waals surface area (Å²) in [5.74, 6) is -0.494. The van der Waals surface area contributed by atoms with Crippen molar-refractivity contribution in [1.82, 2.24) is 5.32 Å². The molecule has 1 aromatic rings. The first kappa shape index (κ1) is 13.7. The van der Waals surface area contributed by atoms with Crippen LogP contribution < -0.4 is 11.1 Å². The third-order valence-electron chi connectivity index (χ3n) is 3.62. The molecule has 104 valence electrons. The van der Waals surface area contributed by atoms with Crippen molar-refractivity contribution in [3.8, 4) is 11.5 Å². The number of benzene rings is 1. The number of nitrogens with one attached hydrogen (secondary N) is 1. The van der Waals surface area contributed by atoms with Crippen LogP contribution in [0.5, 0.6) is 11.5 Å². The molecule has 1 amide bonds. The molecule has 1 aliphatic rings. The fraction of sp³-hybridized carbons (Fsp3) is 0.500. The minimum absolute atomic E-state index is 0.0670. The number of rotatable bonds is 3. The van der Waals surface area contributed by atoms with Crippen LogP contribution in [-0.4, -0.2) is 28.7 Å². The molecular weight excluding hydrogens is 244 g/mol. The van der Waals surface area contributed by atoms with Gasteiger partial charge in [0.15, 0.2) is 0 Å². The highest BCUT2D eigenvalue weighted by atomic mass is 16.3. The van der Waals surface area contributed by atoms with Crippen molar-refractivity contribution in [3.63, 3.8) is 0 Å². The Kier molecular flexibility index (Phi) is 4.27. The fourth-order valence-corrected chi connectivity index (χ4v) is 2.60. The van der Waals surface area contributed by atoms with Crippen molar-refractivity contribution in [3.05, 3.63) is 23.8 Å². The standard InChI is InChI=1S/C14H20N2O3/c15-10-4-1-3-9(7-10)8-16-14(19)13-11(17)5-2-6-12(13)18/h2,5-6,9-10,17-18H,1,3-4,7-8,15H2,(H,16,19). The van der Waals surface area contributed by atoms with Crippen LogP contribution in [0.3, 0.4) is 0 Å². The summed E-state index contributed by atoms with van der Waals surface area (Å²) in [4.78, 5) is 11.9. The zero-order valence-electron chi connectivity index (χ0n) is 10.8. The average Bonchev–Trinajstić information content (AvgIpc) is 2.36. The molecule has 0 saturated heterocycles. The summed E-state index contributed by atoms with van der Waals surface area (Å²) in [5.41, 5.74) is 5.83. The zero-order valence-corrected chi connectivity index (χ0v) is 10.8. The van der Waals surface area contributed by atoms with Gasteiger partial charge in [-0.3, -0.25) is 4.79 Å². The molecule has 0 heterocycles. The Bertz CT molecular complexity index is 442. The van der Waals surface area contributed by atoms with Crippen LogP contribution >= 0.6 is 0 Å². The lowest BCUT2D eigenvalue weighted by molar-refractivity contribution is 0.0937. The maximum absolute atomic E-state index is 11.9. The maximum atomic E-state index is 11.9. The second kappa shape index (κ2) is 5.93. The predicted molar refractivity (Wildman–Crippen MR) is 72.0 cm³/mol. The topological polar surface area (TPSA) is 95.6 Å². The summed E-state index contributed by atoms with van der Waals surface area (Å²) in [6.07, 6.45) is 4.10. The number of carbonyl (C=O) groups excluding carboxylic acids is 1. The van der Waals surface area contributed by atoms with Gasteiger partial charge in [-0.2, -0.15) is 0 Å². The second-order valence-electron chi connectivity index (χ2n) is 5.17. The number of hydrogen-bond acceptors (Lipinski definition) is 4. The Hall–Kier alpha value is -1.75. The summed E-state index contributed by atoms with van der Waals surface area (Å²) in [5, 5.41) is 22.0. The van der Waals surface area contributed by atoms with E-state index in [1.807, 2.05) is 0 Å². The van der Waals surface area contributed by atoms with Crippen LogP contribution in [0, 0.1) is 5.92 Å². The number of hydrogen-bond donors (Lipinski definition) is 4. The van der Waals surface area contributed by atoms with Gasteiger partial charge in [-0.15, -0.1) is 0 Å². The molecule has 0 bridgehead atoms. The molecule has 2 rings (SSSR count). The predicted octanol–water partition coefficient (Wildman–Crippen LogP) is 1.35. The smallest absolute Gasteiger partial charge is 0.258 e. The molecule has 0 aromatic heterocycles. The first-order chi connectivity index (χ1) is 9.08. The number of aromatic hydroxyl groups is 2. The van der Waals surface area contributed by atoms with E-state index >= 15 is 0 Å². The van der Waals surface area contributed by atoms with E-state index in [-0.39, 0.29) is 23.1 Å². The number of nitrogens with two attached hydrogens (primary N) is 1. The van der Waals surface area contributed by atoms with Gasteiger partial charge < -0.3 is 21.3 Å². The largest absolute Gasteiger partial charge is 0.507 e. The highest BCUT2D eigenvalue weighted by Gasteiger charge is 2.21. The van der Waals surface area contributed by atoms with E-state index in [2.05, 4.69) is 5.32 Å². The van der Waals surface area contributed by atoms with Crippen molar-refractivity contribution in [2.75, 3.05) is 6.54 Å². The van der Waals surface area contributed by atoms with Crippen LogP contribution in [0.1, 0.15) is 36.0 Å². The molecule has 5 nitrogen and oxygen atoms in total. The van der Waals surface area contributed by atoms with E-state index < -0.39 is 5.91 Å².